The lowest BCUT2D eigenvalue weighted by Gasteiger charge is -2.27. The van der Waals surface area contributed by atoms with Crippen LogP contribution >= 0.6 is 0 Å². The monoisotopic (exact) mass is 253 g/mol. The summed E-state index contributed by atoms with van der Waals surface area (Å²) < 4.78 is 5.57. The van der Waals surface area contributed by atoms with Gasteiger partial charge in [0.05, 0.1) is 6.61 Å². The van der Waals surface area contributed by atoms with Gasteiger partial charge in [-0.2, -0.15) is 0 Å². The molecule has 2 atom stereocenters. The highest BCUT2D eigenvalue weighted by atomic mass is 16.5. The molecule has 106 valence electrons. The minimum Gasteiger partial charge on any atom is -0.381 e. The molecule has 1 N–H and O–H groups in total. The van der Waals surface area contributed by atoms with Crippen LogP contribution in [0.4, 0.5) is 0 Å². The largest absolute Gasteiger partial charge is 0.381 e. The van der Waals surface area contributed by atoms with Crippen LogP contribution in [0.1, 0.15) is 64.7 Å². The fraction of sp³-hybridized carbons (Fsp3) is 1.00. The maximum atomic E-state index is 5.57. The molecule has 0 bridgehead atoms. The van der Waals surface area contributed by atoms with Crippen molar-refractivity contribution in [1.82, 2.24) is 5.32 Å². The molecule has 0 amide bonds. The predicted molar refractivity (Wildman–Crippen MR) is 76.8 cm³/mol. The molecule has 1 aliphatic carbocycles. The van der Waals surface area contributed by atoms with Crippen LogP contribution in [0.2, 0.25) is 0 Å². The highest BCUT2D eigenvalue weighted by Crippen LogP contribution is 2.29. The Morgan fingerprint density at radius 3 is 2.67 bits per heavy atom. The molecule has 1 heterocycles. The first-order chi connectivity index (χ1) is 8.90. The normalized spacial score (nSPS) is 27.5. The summed E-state index contributed by atoms with van der Waals surface area (Å²) >= 11 is 0. The first-order valence-corrected chi connectivity index (χ1v) is 8.21. The number of ether oxygens (including phenoxy) is 1. The average molecular weight is 253 g/mol. The van der Waals surface area contributed by atoms with E-state index in [0.717, 1.165) is 31.1 Å². The first-order valence-electron chi connectivity index (χ1n) is 8.21. The highest BCUT2D eigenvalue weighted by Gasteiger charge is 2.26. The Bertz CT molecular complexity index is 207. The van der Waals surface area contributed by atoms with Crippen LogP contribution in [0, 0.1) is 11.8 Å². The number of hydrogen-bond donors (Lipinski definition) is 1. The summed E-state index contributed by atoms with van der Waals surface area (Å²) in [5.41, 5.74) is 0. The molecule has 2 aliphatic rings. The van der Waals surface area contributed by atoms with Gasteiger partial charge in [0, 0.05) is 12.6 Å². The van der Waals surface area contributed by atoms with Crippen molar-refractivity contribution in [1.29, 1.82) is 0 Å². The van der Waals surface area contributed by atoms with Crippen LogP contribution in [0.5, 0.6) is 0 Å². The van der Waals surface area contributed by atoms with E-state index in [1.807, 2.05) is 0 Å². The second-order valence-electron chi connectivity index (χ2n) is 6.27. The number of rotatable bonds is 7. The van der Waals surface area contributed by atoms with Gasteiger partial charge in [-0.25, -0.2) is 0 Å². The Morgan fingerprint density at radius 1 is 1.17 bits per heavy atom. The van der Waals surface area contributed by atoms with Gasteiger partial charge in [0.25, 0.3) is 0 Å². The van der Waals surface area contributed by atoms with E-state index in [9.17, 15) is 0 Å². The van der Waals surface area contributed by atoms with Crippen LogP contribution in [0.25, 0.3) is 0 Å². The van der Waals surface area contributed by atoms with Gasteiger partial charge in [-0.1, -0.05) is 39.0 Å². The third kappa shape index (κ3) is 4.55. The van der Waals surface area contributed by atoms with Crippen LogP contribution in [0.15, 0.2) is 0 Å². The minimum absolute atomic E-state index is 0.717. The smallest absolute Gasteiger partial charge is 0.0510 e. The van der Waals surface area contributed by atoms with Gasteiger partial charge >= 0.3 is 0 Å². The zero-order valence-electron chi connectivity index (χ0n) is 12.1. The quantitative estimate of drug-likeness (QED) is 0.746. The zero-order chi connectivity index (χ0) is 12.6. The number of hydrogen-bond acceptors (Lipinski definition) is 2. The molecule has 2 fully saturated rings. The lowest BCUT2D eigenvalue weighted by molar-refractivity contribution is 0.172. The Hall–Kier alpha value is -0.0800. The molecule has 0 aromatic heterocycles. The maximum absolute atomic E-state index is 5.57. The Kier molecular flexibility index (Phi) is 6.50. The van der Waals surface area contributed by atoms with Crippen molar-refractivity contribution >= 4 is 0 Å². The van der Waals surface area contributed by atoms with E-state index < -0.39 is 0 Å². The molecule has 2 heteroatoms. The molecule has 0 aromatic carbocycles. The molecule has 0 aromatic rings. The van der Waals surface area contributed by atoms with Crippen LogP contribution in [-0.4, -0.2) is 25.8 Å². The molecule has 0 radical (unpaired) electrons. The topological polar surface area (TPSA) is 21.3 Å². The third-order valence-corrected chi connectivity index (χ3v) is 4.80. The summed E-state index contributed by atoms with van der Waals surface area (Å²) in [5.74, 6) is 1.80. The fourth-order valence-electron chi connectivity index (χ4n) is 3.60. The molecule has 0 spiro atoms. The van der Waals surface area contributed by atoms with Gasteiger partial charge in [0.2, 0.25) is 0 Å². The van der Waals surface area contributed by atoms with Crippen LogP contribution in [-0.2, 0) is 4.74 Å². The molecule has 2 rings (SSSR count). The van der Waals surface area contributed by atoms with Gasteiger partial charge in [0.1, 0.15) is 0 Å². The third-order valence-electron chi connectivity index (χ3n) is 4.80. The van der Waals surface area contributed by atoms with Crippen molar-refractivity contribution < 1.29 is 4.74 Å². The second kappa shape index (κ2) is 8.16. The highest BCUT2D eigenvalue weighted by molar-refractivity contribution is 4.80. The molecule has 1 saturated heterocycles. The predicted octanol–water partition coefficient (Wildman–Crippen LogP) is 3.75. The Morgan fingerprint density at radius 2 is 2.00 bits per heavy atom. The van der Waals surface area contributed by atoms with Gasteiger partial charge < -0.3 is 10.1 Å². The summed E-state index contributed by atoms with van der Waals surface area (Å²) in [6.07, 6.45) is 12.7. The van der Waals surface area contributed by atoms with Crippen LogP contribution in [0.3, 0.4) is 0 Å². The number of nitrogens with one attached hydrogen (secondary N) is 1. The van der Waals surface area contributed by atoms with Crippen LogP contribution < -0.4 is 5.32 Å². The second-order valence-corrected chi connectivity index (χ2v) is 6.27. The van der Waals surface area contributed by atoms with E-state index in [1.165, 1.54) is 64.3 Å². The molecular formula is C16H31NO. The standard InChI is InChI=1S/C16H31NO/c1-2-11-17-16(15-10-12-18-13-15)9-8-14-6-4-3-5-7-14/h14-17H,2-13H2,1H3. The zero-order valence-corrected chi connectivity index (χ0v) is 12.1. The van der Waals surface area contributed by atoms with Gasteiger partial charge in [-0.3, -0.25) is 0 Å². The summed E-state index contributed by atoms with van der Waals surface area (Å²) in [6, 6.07) is 0.717. The summed E-state index contributed by atoms with van der Waals surface area (Å²) in [7, 11) is 0. The van der Waals surface area contributed by atoms with E-state index in [4.69, 9.17) is 4.74 Å². The summed E-state index contributed by atoms with van der Waals surface area (Å²) in [6.45, 7) is 5.41. The lowest BCUT2D eigenvalue weighted by atomic mass is 9.83. The van der Waals surface area contributed by atoms with Gasteiger partial charge in [-0.15, -0.1) is 0 Å². The molecule has 1 saturated carbocycles. The average Bonchev–Trinajstić information content (AvgIpc) is 2.94. The van der Waals surface area contributed by atoms with Crippen molar-refractivity contribution in [2.75, 3.05) is 19.8 Å². The van der Waals surface area contributed by atoms with E-state index >= 15 is 0 Å². The molecule has 2 unspecified atom stereocenters. The first kappa shape index (κ1) is 14.3. The van der Waals surface area contributed by atoms with E-state index in [0.29, 0.717) is 0 Å². The maximum Gasteiger partial charge on any atom is 0.0510 e. The molecule has 18 heavy (non-hydrogen) atoms. The van der Waals surface area contributed by atoms with Crippen molar-refractivity contribution in [3.8, 4) is 0 Å². The summed E-state index contributed by atoms with van der Waals surface area (Å²) in [4.78, 5) is 0. The van der Waals surface area contributed by atoms with E-state index in [-0.39, 0.29) is 0 Å². The minimum atomic E-state index is 0.717. The SMILES string of the molecule is CCCNC(CCC1CCCCC1)C1CCOC1. The van der Waals surface area contributed by atoms with Crippen molar-refractivity contribution in [3.63, 3.8) is 0 Å². The Labute approximate surface area is 113 Å². The Balaban J connectivity index is 1.72. The van der Waals surface area contributed by atoms with Crippen molar-refractivity contribution in [3.05, 3.63) is 0 Å². The van der Waals surface area contributed by atoms with E-state index in [2.05, 4.69) is 12.2 Å². The van der Waals surface area contributed by atoms with E-state index in [1.54, 1.807) is 0 Å². The fourth-order valence-corrected chi connectivity index (χ4v) is 3.60. The van der Waals surface area contributed by atoms with Gasteiger partial charge in [-0.05, 0) is 44.1 Å². The molecule has 1 aliphatic heterocycles. The summed E-state index contributed by atoms with van der Waals surface area (Å²) in [5, 5.41) is 3.77. The molecular weight excluding hydrogens is 222 g/mol. The van der Waals surface area contributed by atoms with Gasteiger partial charge in [0.15, 0.2) is 0 Å². The molecule has 2 nitrogen and oxygen atoms in total. The lowest BCUT2D eigenvalue weighted by Crippen LogP contribution is -2.37. The van der Waals surface area contributed by atoms with Crippen molar-refractivity contribution in [2.45, 2.75) is 70.8 Å². The van der Waals surface area contributed by atoms with Crippen molar-refractivity contribution in [2.24, 2.45) is 11.8 Å².